The van der Waals surface area contributed by atoms with E-state index < -0.39 is 0 Å². The van der Waals surface area contributed by atoms with Gasteiger partial charge in [-0.2, -0.15) is 0 Å². The van der Waals surface area contributed by atoms with Crippen LogP contribution in [0.1, 0.15) is 11.1 Å². The molecule has 7 nitrogen and oxygen atoms in total. The predicted octanol–water partition coefficient (Wildman–Crippen LogP) is 6.34. The first kappa shape index (κ1) is 23.5. The number of hydrogen-bond acceptors (Lipinski definition) is 6. The Labute approximate surface area is 222 Å². The molecule has 2 aliphatic heterocycles. The van der Waals surface area contributed by atoms with Crippen LogP contribution in [0.15, 0.2) is 77.8 Å². The van der Waals surface area contributed by atoms with Gasteiger partial charge in [-0.3, -0.25) is 14.5 Å². The summed E-state index contributed by atoms with van der Waals surface area (Å²) in [5.41, 5.74) is 2.60. The van der Waals surface area contributed by atoms with Crippen LogP contribution in [0.2, 0.25) is 5.02 Å². The normalized spacial score (nSPS) is 15.8. The highest BCUT2D eigenvalue weighted by Gasteiger charge is 2.35. The number of aromatic nitrogens is 1. The van der Waals surface area contributed by atoms with E-state index in [1.807, 2.05) is 66.9 Å². The lowest BCUT2D eigenvalue weighted by molar-refractivity contribution is -0.123. The maximum absolute atomic E-state index is 13.1. The Balaban J connectivity index is 1.21. The van der Waals surface area contributed by atoms with Gasteiger partial charge in [0, 0.05) is 33.8 Å². The molecule has 3 aromatic carbocycles. The Bertz CT molecular complexity index is 1560. The van der Waals surface area contributed by atoms with E-state index in [1.54, 1.807) is 12.1 Å². The van der Waals surface area contributed by atoms with Crippen molar-refractivity contribution >= 4 is 51.5 Å². The fourth-order valence-electron chi connectivity index (χ4n) is 4.38. The van der Waals surface area contributed by atoms with Crippen LogP contribution in [0, 0.1) is 0 Å². The van der Waals surface area contributed by atoms with Gasteiger partial charge in [0.15, 0.2) is 11.5 Å². The first-order valence-electron chi connectivity index (χ1n) is 11.7. The lowest BCUT2D eigenvalue weighted by atomic mass is 10.1. The number of thioether (sulfide) groups is 1. The number of para-hydroxylation sites is 1. The monoisotopic (exact) mass is 532 g/mol. The third-order valence-electron chi connectivity index (χ3n) is 6.21. The van der Waals surface area contributed by atoms with Crippen molar-refractivity contribution in [3.8, 4) is 17.2 Å². The van der Waals surface area contributed by atoms with Gasteiger partial charge in [0.2, 0.25) is 6.79 Å². The number of nitrogens with zero attached hydrogens (tertiary/aromatic N) is 2. The first-order chi connectivity index (χ1) is 18.1. The summed E-state index contributed by atoms with van der Waals surface area (Å²) >= 11 is 7.19. The molecule has 9 heteroatoms. The summed E-state index contributed by atoms with van der Waals surface area (Å²) in [5, 5.41) is 1.21. The Hall–Kier alpha value is -3.88. The van der Waals surface area contributed by atoms with Crippen LogP contribution >= 0.6 is 23.4 Å². The van der Waals surface area contributed by atoms with Gasteiger partial charge in [-0.05, 0) is 47.7 Å². The van der Waals surface area contributed by atoms with E-state index in [0.29, 0.717) is 40.3 Å². The fraction of sp³-hybridized carbons (Fsp3) is 0.143. The van der Waals surface area contributed by atoms with Crippen molar-refractivity contribution in [1.29, 1.82) is 0 Å². The van der Waals surface area contributed by atoms with Gasteiger partial charge in [0.25, 0.3) is 11.1 Å². The van der Waals surface area contributed by atoms with E-state index in [4.69, 9.17) is 25.8 Å². The number of carbonyl (C=O) groups is 2. The molecule has 37 heavy (non-hydrogen) atoms. The molecular formula is C28H21ClN2O5S. The highest BCUT2D eigenvalue weighted by molar-refractivity contribution is 8.18. The van der Waals surface area contributed by atoms with Crippen LogP contribution in [-0.4, -0.2) is 34.0 Å². The molecule has 2 aliphatic rings. The fourth-order valence-corrected chi connectivity index (χ4v) is 5.40. The summed E-state index contributed by atoms with van der Waals surface area (Å²) in [4.78, 5) is 27.4. The number of halogens is 1. The van der Waals surface area contributed by atoms with Crippen molar-refractivity contribution in [1.82, 2.24) is 9.47 Å². The summed E-state index contributed by atoms with van der Waals surface area (Å²) < 4.78 is 18.8. The van der Waals surface area contributed by atoms with E-state index in [2.05, 4.69) is 4.57 Å². The third kappa shape index (κ3) is 4.65. The molecular weight excluding hydrogens is 512 g/mol. The highest BCUT2D eigenvalue weighted by Crippen LogP contribution is 2.36. The second kappa shape index (κ2) is 9.88. The smallest absolute Gasteiger partial charge is 0.293 e. The molecule has 0 spiro atoms. The van der Waals surface area contributed by atoms with Crippen LogP contribution in [0.5, 0.6) is 17.2 Å². The summed E-state index contributed by atoms with van der Waals surface area (Å²) in [6.45, 7) is 1.39. The predicted molar refractivity (Wildman–Crippen MR) is 143 cm³/mol. The lowest BCUT2D eigenvalue weighted by Crippen LogP contribution is -2.27. The molecule has 4 aromatic rings. The average molecular weight is 533 g/mol. The van der Waals surface area contributed by atoms with Crippen molar-refractivity contribution in [2.24, 2.45) is 0 Å². The molecule has 3 heterocycles. The molecule has 0 atom stereocenters. The molecule has 1 fully saturated rings. The molecule has 6 rings (SSSR count). The Morgan fingerprint density at radius 3 is 2.70 bits per heavy atom. The van der Waals surface area contributed by atoms with Gasteiger partial charge in [0.05, 0.1) is 18.0 Å². The zero-order valence-electron chi connectivity index (χ0n) is 19.6. The number of amides is 2. The van der Waals surface area contributed by atoms with Crippen LogP contribution in [-0.2, 0) is 17.9 Å². The SMILES string of the molecule is O=C1S/C(=C\c2cn(CCOc3ccc4c(c3)OCO4)c3ccccc23)C(=O)N1Cc1ccccc1Cl. The van der Waals surface area contributed by atoms with Crippen molar-refractivity contribution in [3.05, 3.63) is 94.0 Å². The Morgan fingerprint density at radius 2 is 1.81 bits per heavy atom. The number of benzene rings is 3. The summed E-state index contributed by atoms with van der Waals surface area (Å²) in [7, 11) is 0. The minimum atomic E-state index is -0.321. The average Bonchev–Trinajstić information content (AvgIpc) is 3.58. The van der Waals surface area contributed by atoms with Crippen molar-refractivity contribution < 1.29 is 23.8 Å². The van der Waals surface area contributed by atoms with Gasteiger partial charge in [-0.15, -0.1) is 0 Å². The molecule has 1 saturated heterocycles. The second-order valence-electron chi connectivity index (χ2n) is 8.52. The van der Waals surface area contributed by atoms with Gasteiger partial charge < -0.3 is 18.8 Å². The van der Waals surface area contributed by atoms with E-state index in [1.165, 1.54) is 4.90 Å². The Morgan fingerprint density at radius 1 is 1.00 bits per heavy atom. The first-order valence-corrected chi connectivity index (χ1v) is 12.9. The number of hydrogen-bond donors (Lipinski definition) is 0. The quantitative estimate of drug-likeness (QED) is 0.259. The number of fused-ring (bicyclic) bond motifs is 2. The van der Waals surface area contributed by atoms with Crippen LogP contribution < -0.4 is 14.2 Å². The van der Waals surface area contributed by atoms with E-state index in [0.717, 1.165) is 33.8 Å². The largest absolute Gasteiger partial charge is 0.492 e. The molecule has 0 aliphatic carbocycles. The molecule has 186 valence electrons. The van der Waals surface area contributed by atoms with Crippen LogP contribution in [0.4, 0.5) is 4.79 Å². The highest BCUT2D eigenvalue weighted by atomic mass is 35.5. The summed E-state index contributed by atoms with van der Waals surface area (Å²) in [6, 6.07) is 20.7. The van der Waals surface area contributed by atoms with Gasteiger partial charge >= 0.3 is 0 Å². The van der Waals surface area contributed by atoms with Gasteiger partial charge in [-0.1, -0.05) is 48.0 Å². The standard InChI is InChI=1S/C28H21ClN2O5S/c29-22-7-3-1-5-18(22)16-31-27(32)26(37-28(31)33)13-19-15-30(23-8-4-2-6-21(19)23)11-12-34-20-9-10-24-25(14-20)36-17-35-24/h1-10,13-15H,11-12,16-17H2/b26-13-. The van der Waals surface area contributed by atoms with E-state index >= 15 is 0 Å². The summed E-state index contributed by atoms with van der Waals surface area (Å²) in [6.07, 6.45) is 3.77. The van der Waals surface area contributed by atoms with Gasteiger partial charge in [0.1, 0.15) is 12.4 Å². The maximum Gasteiger partial charge on any atom is 0.293 e. The zero-order chi connectivity index (χ0) is 25.4. The minimum absolute atomic E-state index is 0.140. The molecule has 0 bridgehead atoms. The molecule has 0 saturated carbocycles. The second-order valence-corrected chi connectivity index (χ2v) is 9.92. The molecule has 2 amide bonds. The number of imide groups is 1. The number of ether oxygens (including phenoxy) is 3. The van der Waals surface area contributed by atoms with Crippen molar-refractivity contribution in [2.75, 3.05) is 13.4 Å². The van der Waals surface area contributed by atoms with Crippen LogP contribution in [0.3, 0.4) is 0 Å². The van der Waals surface area contributed by atoms with E-state index in [9.17, 15) is 9.59 Å². The number of carbonyl (C=O) groups excluding carboxylic acids is 2. The molecule has 0 unspecified atom stereocenters. The van der Waals surface area contributed by atoms with E-state index in [-0.39, 0.29) is 24.5 Å². The van der Waals surface area contributed by atoms with Gasteiger partial charge in [-0.25, -0.2) is 0 Å². The topological polar surface area (TPSA) is 70.0 Å². The van der Waals surface area contributed by atoms with Crippen molar-refractivity contribution in [2.45, 2.75) is 13.1 Å². The van der Waals surface area contributed by atoms with Crippen molar-refractivity contribution in [3.63, 3.8) is 0 Å². The maximum atomic E-state index is 13.1. The lowest BCUT2D eigenvalue weighted by Gasteiger charge is -2.13. The zero-order valence-corrected chi connectivity index (χ0v) is 21.1. The minimum Gasteiger partial charge on any atom is -0.492 e. The molecule has 0 radical (unpaired) electrons. The Kier molecular flexibility index (Phi) is 6.28. The molecule has 0 N–H and O–H groups in total. The third-order valence-corrected chi connectivity index (χ3v) is 7.49. The number of rotatable bonds is 7. The molecule has 1 aromatic heterocycles. The summed E-state index contributed by atoms with van der Waals surface area (Å²) in [5.74, 6) is 1.77. The van der Waals surface area contributed by atoms with Crippen LogP contribution in [0.25, 0.3) is 17.0 Å².